The number of piperidine rings is 1. The van der Waals surface area contributed by atoms with Crippen molar-refractivity contribution >= 4 is 34.0 Å². The van der Waals surface area contributed by atoms with Crippen LogP contribution in [0.2, 0.25) is 5.02 Å². The molecule has 0 radical (unpaired) electrons. The van der Waals surface area contributed by atoms with Gasteiger partial charge in [0.2, 0.25) is 0 Å². The quantitative estimate of drug-likeness (QED) is 0.452. The zero-order chi connectivity index (χ0) is 23.0. The molecule has 1 fully saturated rings. The first-order valence-corrected chi connectivity index (χ1v) is 12.4. The van der Waals surface area contributed by atoms with Gasteiger partial charge in [-0.15, -0.1) is 0 Å². The molecule has 0 spiro atoms. The predicted octanol–water partition coefficient (Wildman–Crippen LogP) is 3.87. The molecule has 2 aromatic rings. The van der Waals surface area contributed by atoms with Crippen LogP contribution >= 0.6 is 22.2 Å². The van der Waals surface area contributed by atoms with Crippen molar-refractivity contribution in [1.82, 2.24) is 15.3 Å². The second kappa shape index (κ2) is 9.06. The van der Waals surface area contributed by atoms with E-state index in [1.807, 2.05) is 4.90 Å². The lowest BCUT2D eigenvalue weighted by atomic mass is 10.0. The van der Waals surface area contributed by atoms with E-state index in [1.54, 1.807) is 0 Å². The molecule has 174 valence electrons. The maximum atomic E-state index is 14.5. The van der Waals surface area contributed by atoms with Gasteiger partial charge in [0, 0.05) is 31.2 Å². The number of anilines is 1. The van der Waals surface area contributed by atoms with Crippen LogP contribution in [0.5, 0.6) is 0 Å². The van der Waals surface area contributed by atoms with Crippen LogP contribution in [-0.2, 0) is 16.3 Å². The first-order valence-electron chi connectivity index (χ1n) is 10.1. The first kappa shape index (κ1) is 23.1. The summed E-state index contributed by atoms with van der Waals surface area (Å²) in [6.07, 6.45) is 1.51. The highest BCUT2D eigenvalue weighted by atomic mass is 35.5. The van der Waals surface area contributed by atoms with E-state index in [0.717, 1.165) is 25.0 Å². The summed E-state index contributed by atoms with van der Waals surface area (Å²) in [6.45, 7) is 1.56. The van der Waals surface area contributed by atoms with Crippen molar-refractivity contribution in [3.63, 3.8) is 0 Å². The van der Waals surface area contributed by atoms with Crippen molar-refractivity contribution in [2.75, 3.05) is 24.5 Å². The highest BCUT2D eigenvalue weighted by Crippen LogP contribution is 2.54. The lowest BCUT2D eigenvalue weighted by Gasteiger charge is -2.34. The van der Waals surface area contributed by atoms with E-state index >= 15 is 0 Å². The number of benzene rings is 1. The fourth-order valence-corrected chi connectivity index (χ4v) is 5.73. The molecule has 0 atom stereocenters. The van der Waals surface area contributed by atoms with Gasteiger partial charge >= 0.3 is 5.97 Å². The maximum absolute atomic E-state index is 14.5. The van der Waals surface area contributed by atoms with E-state index in [0.29, 0.717) is 36.7 Å². The van der Waals surface area contributed by atoms with Crippen molar-refractivity contribution < 1.29 is 27.8 Å². The van der Waals surface area contributed by atoms with Crippen molar-refractivity contribution in [3.8, 4) is 11.4 Å². The number of nitrogens with one attached hydrogen (secondary N) is 1. The second-order valence-electron chi connectivity index (χ2n) is 7.99. The molecule has 0 bridgehead atoms. The molecule has 2 aliphatic rings. The van der Waals surface area contributed by atoms with Gasteiger partial charge in [-0.3, -0.25) is 13.9 Å². The van der Waals surface area contributed by atoms with Gasteiger partial charge in [0.05, 0.1) is 34.2 Å². The molecule has 0 saturated carbocycles. The summed E-state index contributed by atoms with van der Waals surface area (Å²) < 4.78 is 49.1. The van der Waals surface area contributed by atoms with Gasteiger partial charge in [0.1, 0.15) is 17.5 Å². The smallest absolute Gasteiger partial charge is 0.304 e. The SMILES string of the molecule is O=C(O)CCNC1CCN(c2nc(-c3cc(F)c(Cl)cc3F)nc3c2CS(O)(O)C3)CC1. The van der Waals surface area contributed by atoms with E-state index in [9.17, 15) is 22.7 Å². The van der Waals surface area contributed by atoms with Crippen LogP contribution in [0.25, 0.3) is 11.4 Å². The first-order chi connectivity index (χ1) is 15.1. The topological polar surface area (TPSA) is 119 Å². The molecule has 3 heterocycles. The van der Waals surface area contributed by atoms with Gasteiger partial charge in [0.15, 0.2) is 5.82 Å². The summed E-state index contributed by atoms with van der Waals surface area (Å²) in [7, 11) is -2.91. The number of rotatable bonds is 6. The van der Waals surface area contributed by atoms with E-state index in [-0.39, 0.29) is 40.4 Å². The van der Waals surface area contributed by atoms with E-state index in [1.165, 1.54) is 0 Å². The monoisotopic (exact) mass is 488 g/mol. The van der Waals surface area contributed by atoms with Crippen molar-refractivity contribution in [3.05, 3.63) is 40.0 Å². The molecular formula is C20H23ClF2N4O4S. The van der Waals surface area contributed by atoms with Crippen LogP contribution < -0.4 is 10.2 Å². The molecule has 2 aliphatic heterocycles. The normalized spacial score (nSPS) is 19.1. The number of hydrogen-bond donors (Lipinski definition) is 4. The number of carboxylic acid groups (broad SMARTS) is 1. The Morgan fingerprint density at radius 1 is 1.19 bits per heavy atom. The second-order valence-corrected chi connectivity index (χ2v) is 10.6. The Kier molecular flexibility index (Phi) is 6.55. The average Bonchev–Trinajstić information content (AvgIpc) is 3.04. The zero-order valence-electron chi connectivity index (χ0n) is 17.0. The molecule has 4 rings (SSSR count). The number of carbonyl (C=O) groups is 1. The predicted molar refractivity (Wildman–Crippen MR) is 118 cm³/mol. The van der Waals surface area contributed by atoms with E-state index in [4.69, 9.17) is 16.7 Å². The fraction of sp³-hybridized carbons (Fsp3) is 0.450. The zero-order valence-corrected chi connectivity index (χ0v) is 18.6. The number of halogens is 3. The minimum Gasteiger partial charge on any atom is -0.481 e. The number of carboxylic acids is 1. The molecule has 8 nitrogen and oxygen atoms in total. The Balaban J connectivity index is 1.62. The summed E-state index contributed by atoms with van der Waals surface area (Å²) in [5, 5.41) is 11.7. The van der Waals surface area contributed by atoms with Crippen molar-refractivity contribution in [1.29, 1.82) is 0 Å². The maximum Gasteiger partial charge on any atom is 0.304 e. The summed E-state index contributed by atoms with van der Waals surface area (Å²) in [6, 6.07) is 1.96. The van der Waals surface area contributed by atoms with Gasteiger partial charge in [-0.2, -0.15) is 10.6 Å². The fourth-order valence-electron chi connectivity index (χ4n) is 4.04. The Labute approximate surface area is 190 Å². The lowest BCUT2D eigenvalue weighted by molar-refractivity contribution is -0.136. The molecule has 0 amide bonds. The Bertz CT molecular complexity index is 1050. The van der Waals surface area contributed by atoms with Crippen LogP contribution in [0.3, 0.4) is 0 Å². The van der Waals surface area contributed by atoms with Crippen LogP contribution in [0.15, 0.2) is 12.1 Å². The third-order valence-corrected chi connectivity index (χ3v) is 7.41. The number of nitrogens with zero attached hydrogens (tertiary/aromatic N) is 3. The molecule has 1 aromatic heterocycles. The third-order valence-electron chi connectivity index (χ3n) is 5.63. The minimum atomic E-state index is -2.91. The van der Waals surface area contributed by atoms with Gasteiger partial charge in [-0.25, -0.2) is 18.7 Å². The van der Waals surface area contributed by atoms with Crippen molar-refractivity contribution in [2.24, 2.45) is 0 Å². The third kappa shape index (κ3) is 4.96. The molecule has 1 saturated heterocycles. The number of aromatic nitrogens is 2. The summed E-state index contributed by atoms with van der Waals surface area (Å²) in [4.78, 5) is 21.5. The molecule has 12 heteroatoms. The van der Waals surface area contributed by atoms with Crippen LogP contribution in [0.4, 0.5) is 14.6 Å². The van der Waals surface area contributed by atoms with Gasteiger partial charge < -0.3 is 15.3 Å². The van der Waals surface area contributed by atoms with Gasteiger partial charge in [-0.1, -0.05) is 11.6 Å². The molecular weight excluding hydrogens is 466 g/mol. The minimum absolute atomic E-state index is 0.0200. The molecule has 0 unspecified atom stereocenters. The summed E-state index contributed by atoms with van der Waals surface area (Å²) >= 11 is 5.66. The van der Waals surface area contributed by atoms with Crippen LogP contribution in [0, 0.1) is 11.6 Å². The largest absolute Gasteiger partial charge is 0.481 e. The van der Waals surface area contributed by atoms with Gasteiger partial charge in [-0.05, 0) is 25.0 Å². The highest BCUT2D eigenvalue weighted by molar-refractivity contribution is 8.23. The standard InChI is InChI=1S/C20H23ClF2N4O4S/c21-14-8-15(22)12(7-16(14)23)19-25-17-10-32(30,31)9-13(17)20(26-19)27-5-2-11(3-6-27)24-4-1-18(28)29/h7-8,11,24,30-31H,1-6,9-10H2,(H,28,29). The van der Waals surface area contributed by atoms with Crippen LogP contribution in [0.1, 0.15) is 30.5 Å². The van der Waals surface area contributed by atoms with Crippen molar-refractivity contribution in [2.45, 2.75) is 36.8 Å². The number of hydrogen-bond acceptors (Lipinski definition) is 7. The Morgan fingerprint density at radius 2 is 1.91 bits per heavy atom. The molecule has 0 aliphatic carbocycles. The Hall–Kier alpha value is -2.05. The summed E-state index contributed by atoms with van der Waals surface area (Å²) in [5.74, 6) is -2.02. The summed E-state index contributed by atoms with van der Waals surface area (Å²) in [5.41, 5.74) is 0.881. The lowest BCUT2D eigenvalue weighted by Crippen LogP contribution is -2.43. The van der Waals surface area contributed by atoms with E-state index in [2.05, 4.69) is 15.3 Å². The van der Waals surface area contributed by atoms with Gasteiger partial charge in [0.25, 0.3) is 0 Å². The number of fused-ring (bicyclic) bond motifs is 1. The van der Waals surface area contributed by atoms with Crippen LogP contribution in [-0.4, -0.2) is 55.8 Å². The van der Waals surface area contributed by atoms with E-state index < -0.39 is 28.2 Å². The molecule has 32 heavy (non-hydrogen) atoms. The highest BCUT2D eigenvalue weighted by Gasteiger charge is 2.34. The molecule has 4 N–H and O–H groups in total. The number of aliphatic carboxylic acids is 1. The molecule has 1 aromatic carbocycles. The average molecular weight is 489 g/mol. The Morgan fingerprint density at radius 3 is 2.59 bits per heavy atom.